The van der Waals surface area contributed by atoms with E-state index in [2.05, 4.69) is 204 Å². The first kappa shape index (κ1) is 36.9. The fraction of sp³-hybridized carbons (Fsp3) is 0.276. The lowest BCUT2D eigenvalue weighted by molar-refractivity contribution is 0.568. The predicted molar refractivity (Wildman–Crippen MR) is 253 cm³/mol. The molecule has 0 unspecified atom stereocenters. The summed E-state index contributed by atoms with van der Waals surface area (Å²) in [4.78, 5) is 0. The van der Waals surface area contributed by atoms with Crippen molar-refractivity contribution in [1.82, 2.24) is 0 Å². The Balaban J connectivity index is 1.39. The summed E-state index contributed by atoms with van der Waals surface area (Å²) in [6, 6.07) is 47.7. The van der Waals surface area contributed by atoms with Crippen molar-refractivity contribution in [1.29, 1.82) is 0 Å². The molecule has 0 bridgehead atoms. The zero-order chi connectivity index (χ0) is 40.8. The fourth-order valence-corrected chi connectivity index (χ4v) is 9.90. The van der Waals surface area contributed by atoms with Gasteiger partial charge in [-0.15, -0.1) is 0 Å². The third kappa shape index (κ3) is 5.47. The maximum atomic E-state index is 2.51. The quantitative estimate of drug-likeness (QED) is 0.165. The third-order valence-corrected chi connectivity index (χ3v) is 13.3. The van der Waals surface area contributed by atoms with E-state index in [1.165, 1.54) is 121 Å². The summed E-state index contributed by atoms with van der Waals surface area (Å²) in [7, 11) is 0. The molecule has 2 aliphatic carbocycles. The lowest BCUT2D eigenvalue weighted by atomic mass is 9.75. The number of rotatable bonds is 2. The molecule has 0 amide bonds. The fourth-order valence-electron chi connectivity index (χ4n) is 9.90. The molecular formula is C58H56. The van der Waals surface area contributed by atoms with Crippen LogP contribution < -0.4 is 0 Å². The van der Waals surface area contributed by atoms with Crippen LogP contribution in [-0.4, -0.2) is 0 Å². The molecule has 0 spiro atoms. The zero-order valence-electron chi connectivity index (χ0n) is 36.5. The third-order valence-electron chi connectivity index (χ3n) is 13.3. The van der Waals surface area contributed by atoms with Crippen molar-refractivity contribution in [2.45, 2.75) is 105 Å². The van der Waals surface area contributed by atoms with E-state index in [1.54, 1.807) is 0 Å². The van der Waals surface area contributed by atoms with Gasteiger partial charge in [0.25, 0.3) is 0 Å². The number of hydrogen-bond donors (Lipinski definition) is 0. The highest BCUT2D eigenvalue weighted by molar-refractivity contribution is 6.32. The maximum absolute atomic E-state index is 2.51. The van der Waals surface area contributed by atoms with Gasteiger partial charge in [0.05, 0.1) is 0 Å². The van der Waals surface area contributed by atoms with Gasteiger partial charge in [0.15, 0.2) is 0 Å². The lowest BCUT2D eigenvalue weighted by Gasteiger charge is -2.29. The van der Waals surface area contributed by atoms with E-state index >= 15 is 0 Å². The Kier molecular flexibility index (Phi) is 7.65. The second-order valence-electron chi connectivity index (χ2n) is 21.5. The molecule has 10 rings (SSSR count). The van der Waals surface area contributed by atoms with E-state index in [4.69, 9.17) is 0 Å². The summed E-state index contributed by atoms with van der Waals surface area (Å²) < 4.78 is 0. The summed E-state index contributed by atoms with van der Waals surface area (Å²) >= 11 is 0. The largest absolute Gasteiger partial charge is 0.0616 e. The van der Waals surface area contributed by atoms with Crippen LogP contribution in [0.5, 0.6) is 0 Å². The Bertz CT molecular complexity index is 2790. The molecule has 0 nitrogen and oxygen atoms in total. The van der Waals surface area contributed by atoms with Crippen molar-refractivity contribution in [3.63, 3.8) is 0 Å². The summed E-state index contributed by atoms with van der Waals surface area (Å²) in [6.07, 6.45) is 0. The van der Waals surface area contributed by atoms with Gasteiger partial charge in [0, 0.05) is 0 Å². The van der Waals surface area contributed by atoms with Crippen LogP contribution in [0.15, 0.2) is 121 Å². The highest BCUT2D eigenvalue weighted by Gasteiger charge is 2.36. The molecule has 0 fully saturated rings. The first-order chi connectivity index (χ1) is 27.3. The molecule has 0 saturated carbocycles. The van der Waals surface area contributed by atoms with Gasteiger partial charge in [-0.1, -0.05) is 192 Å². The van der Waals surface area contributed by atoms with Crippen molar-refractivity contribution in [3.05, 3.63) is 144 Å². The van der Waals surface area contributed by atoms with E-state index in [0.29, 0.717) is 0 Å². The standard InChI is InChI=1S/C58H56/c1-55(2,3)37-25-35(26-38(31-37)56(4,5)6)49-41-19-15-16-20-42(41)50(36-27-39(57(7,8)9)32-40(28-36)58(10,11)12)54-46-24-22-44-48-30-34-18-14-13-17-33(34)29-47(48)43-21-23-45(53(49)54)52(46)51(43)44/h13-32H,1-12H3. The molecule has 8 aromatic rings. The minimum atomic E-state index is -0.00741. The zero-order valence-corrected chi connectivity index (χ0v) is 36.5. The average molecular weight is 753 g/mol. The Morgan fingerprint density at radius 1 is 0.276 bits per heavy atom. The van der Waals surface area contributed by atoms with E-state index < -0.39 is 0 Å². The summed E-state index contributed by atoms with van der Waals surface area (Å²) in [5.41, 5.74) is 21.7. The van der Waals surface area contributed by atoms with E-state index in [-0.39, 0.29) is 21.7 Å². The minimum absolute atomic E-state index is 0.00741. The highest BCUT2D eigenvalue weighted by Crippen LogP contribution is 2.62. The number of benzene rings is 8. The van der Waals surface area contributed by atoms with Crippen LogP contribution >= 0.6 is 0 Å². The Labute approximate surface area is 346 Å². The normalized spacial score (nSPS) is 13.5. The van der Waals surface area contributed by atoms with Crippen molar-refractivity contribution in [2.75, 3.05) is 0 Å². The van der Waals surface area contributed by atoms with Gasteiger partial charge in [-0.25, -0.2) is 0 Å². The second kappa shape index (κ2) is 12.0. The van der Waals surface area contributed by atoms with Gasteiger partial charge in [0.1, 0.15) is 0 Å². The summed E-state index contributed by atoms with van der Waals surface area (Å²) in [6.45, 7) is 28.3. The molecule has 288 valence electrons. The Hall–Kier alpha value is -5.46. The van der Waals surface area contributed by atoms with E-state index in [0.717, 1.165) is 0 Å². The van der Waals surface area contributed by atoms with Gasteiger partial charge in [-0.05, 0) is 155 Å². The molecule has 0 aromatic heterocycles. The van der Waals surface area contributed by atoms with Gasteiger partial charge in [-0.2, -0.15) is 0 Å². The van der Waals surface area contributed by atoms with Crippen LogP contribution in [0.3, 0.4) is 0 Å². The maximum Gasteiger partial charge on any atom is -0.000740 e. The van der Waals surface area contributed by atoms with Crippen LogP contribution in [0.4, 0.5) is 0 Å². The van der Waals surface area contributed by atoms with Crippen LogP contribution in [0.2, 0.25) is 0 Å². The highest BCUT2D eigenvalue weighted by atomic mass is 14.4. The summed E-state index contributed by atoms with van der Waals surface area (Å²) in [5, 5.41) is 8.01. The van der Waals surface area contributed by atoms with Crippen molar-refractivity contribution in [3.8, 4) is 66.8 Å². The SMILES string of the molecule is CC(C)(C)c1cc(-c2c3c(c(-c4cc(C(C)(C)C)cc(C(C)(C)C)c4)c4ccccc24)-c2ccc4c5c(ccc-3c25)-c2cc3ccccc3cc2-4)cc(C(C)(C)C)c1. The monoisotopic (exact) mass is 752 g/mol. The smallest absolute Gasteiger partial charge is 0.000740 e. The van der Waals surface area contributed by atoms with E-state index in [9.17, 15) is 0 Å². The molecule has 0 aliphatic heterocycles. The molecule has 0 saturated heterocycles. The number of fused-ring (bicyclic) bond motifs is 8. The molecule has 0 atom stereocenters. The minimum Gasteiger partial charge on any atom is -0.0616 e. The van der Waals surface area contributed by atoms with Crippen LogP contribution in [0.1, 0.15) is 105 Å². The molecular weight excluding hydrogens is 697 g/mol. The van der Waals surface area contributed by atoms with Crippen molar-refractivity contribution in [2.24, 2.45) is 0 Å². The molecule has 0 heteroatoms. The molecule has 8 aromatic carbocycles. The summed E-state index contributed by atoms with van der Waals surface area (Å²) in [5.74, 6) is 0. The topological polar surface area (TPSA) is 0 Å². The molecule has 0 radical (unpaired) electrons. The molecule has 0 N–H and O–H groups in total. The number of hydrogen-bond acceptors (Lipinski definition) is 0. The van der Waals surface area contributed by atoms with Gasteiger partial charge < -0.3 is 0 Å². The molecule has 0 heterocycles. The molecule has 2 aliphatic rings. The second-order valence-corrected chi connectivity index (χ2v) is 21.5. The van der Waals surface area contributed by atoms with Crippen LogP contribution in [0, 0.1) is 0 Å². The first-order valence-corrected chi connectivity index (χ1v) is 21.3. The predicted octanol–water partition coefficient (Wildman–Crippen LogP) is 17.0. The Morgan fingerprint density at radius 2 is 0.586 bits per heavy atom. The van der Waals surface area contributed by atoms with E-state index in [1.807, 2.05) is 0 Å². The van der Waals surface area contributed by atoms with Crippen LogP contribution in [0.25, 0.3) is 99.1 Å². The average Bonchev–Trinajstić information content (AvgIpc) is 3.65. The molecule has 58 heavy (non-hydrogen) atoms. The van der Waals surface area contributed by atoms with Crippen molar-refractivity contribution >= 4 is 32.3 Å². The van der Waals surface area contributed by atoms with Gasteiger partial charge in [0.2, 0.25) is 0 Å². The van der Waals surface area contributed by atoms with Crippen molar-refractivity contribution < 1.29 is 0 Å². The lowest BCUT2D eigenvalue weighted by Crippen LogP contribution is -2.17. The van der Waals surface area contributed by atoms with Gasteiger partial charge in [-0.3, -0.25) is 0 Å². The van der Waals surface area contributed by atoms with Crippen LogP contribution in [-0.2, 0) is 21.7 Å². The first-order valence-electron chi connectivity index (χ1n) is 21.3. The Morgan fingerprint density at radius 3 is 0.931 bits per heavy atom. The van der Waals surface area contributed by atoms with Gasteiger partial charge >= 0.3 is 0 Å².